The first-order chi connectivity index (χ1) is 11.7. The van der Waals surface area contributed by atoms with E-state index >= 15 is 0 Å². The van der Waals surface area contributed by atoms with E-state index in [0.29, 0.717) is 12.2 Å². The number of carbonyl (C=O) groups is 1. The van der Waals surface area contributed by atoms with Gasteiger partial charge in [0, 0.05) is 6.54 Å². The van der Waals surface area contributed by atoms with Gasteiger partial charge >= 0.3 is 0 Å². The molecule has 0 heterocycles. The Morgan fingerprint density at radius 3 is 1.96 bits per heavy atom. The van der Waals surface area contributed by atoms with Gasteiger partial charge in [-0.05, 0) is 38.5 Å². The predicted octanol–water partition coefficient (Wildman–Crippen LogP) is 2.77. The van der Waals surface area contributed by atoms with Crippen LogP contribution in [0.1, 0.15) is 23.6 Å². The number of rotatable bonds is 6. The van der Waals surface area contributed by atoms with Gasteiger partial charge in [-0.15, -0.1) is 0 Å². The highest BCUT2D eigenvalue weighted by Gasteiger charge is 2.28. The monoisotopic (exact) mass is 360 g/mol. The summed E-state index contributed by atoms with van der Waals surface area (Å²) in [5.41, 5.74) is 3.61. The number of aryl methyl sites for hydroxylation is 2. The first-order valence-corrected chi connectivity index (χ1v) is 9.92. The lowest BCUT2D eigenvalue weighted by atomic mass is 10.1. The van der Waals surface area contributed by atoms with E-state index in [1.165, 1.54) is 0 Å². The Hall–Kier alpha value is -2.34. The van der Waals surface area contributed by atoms with E-state index < -0.39 is 16.1 Å². The molecule has 25 heavy (non-hydrogen) atoms. The Kier molecular flexibility index (Phi) is 5.85. The lowest BCUT2D eigenvalue weighted by Crippen LogP contribution is -2.47. The van der Waals surface area contributed by atoms with Crippen LogP contribution < -0.4 is 9.62 Å². The third kappa shape index (κ3) is 5.06. The van der Waals surface area contributed by atoms with Crippen molar-refractivity contribution < 1.29 is 13.2 Å². The van der Waals surface area contributed by atoms with Crippen molar-refractivity contribution in [3.05, 3.63) is 65.2 Å². The standard InChI is InChI=1S/C19H24N2O3S/c1-14-5-9-17(10-6-14)13-20-19(22)16(3)21(25(4,23)24)18-11-7-15(2)8-12-18/h5-12,16H,13H2,1-4H3,(H,20,22)/t16-/m0/s1. The molecular weight excluding hydrogens is 336 g/mol. The van der Waals surface area contributed by atoms with Crippen molar-refractivity contribution in [2.45, 2.75) is 33.4 Å². The minimum Gasteiger partial charge on any atom is -0.350 e. The molecule has 2 aromatic carbocycles. The Balaban J connectivity index is 2.15. The Morgan fingerprint density at radius 2 is 1.48 bits per heavy atom. The van der Waals surface area contributed by atoms with Crippen LogP contribution in [-0.4, -0.2) is 26.6 Å². The van der Waals surface area contributed by atoms with E-state index in [2.05, 4.69) is 5.32 Å². The molecule has 0 aliphatic heterocycles. The molecule has 1 N–H and O–H groups in total. The smallest absolute Gasteiger partial charge is 0.243 e. The number of benzene rings is 2. The molecule has 5 nitrogen and oxygen atoms in total. The lowest BCUT2D eigenvalue weighted by Gasteiger charge is -2.28. The third-order valence-electron chi connectivity index (χ3n) is 3.96. The number of sulfonamides is 1. The van der Waals surface area contributed by atoms with Crippen LogP contribution in [0.5, 0.6) is 0 Å². The van der Waals surface area contributed by atoms with E-state index in [9.17, 15) is 13.2 Å². The summed E-state index contributed by atoms with van der Waals surface area (Å²) in [5.74, 6) is -0.341. The number of nitrogens with one attached hydrogen (secondary N) is 1. The van der Waals surface area contributed by atoms with Crippen molar-refractivity contribution in [2.75, 3.05) is 10.6 Å². The summed E-state index contributed by atoms with van der Waals surface area (Å²) in [6.45, 7) is 5.86. The van der Waals surface area contributed by atoms with Crippen LogP contribution >= 0.6 is 0 Å². The predicted molar refractivity (Wildman–Crippen MR) is 101 cm³/mol. The molecular formula is C19H24N2O3S. The number of anilines is 1. The highest BCUT2D eigenvalue weighted by atomic mass is 32.2. The molecule has 2 rings (SSSR count). The molecule has 0 saturated carbocycles. The second kappa shape index (κ2) is 7.70. The molecule has 0 radical (unpaired) electrons. The van der Waals surface area contributed by atoms with Gasteiger partial charge in [-0.3, -0.25) is 9.10 Å². The van der Waals surface area contributed by atoms with Gasteiger partial charge in [0.2, 0.25) is 15.9 Å². The first kappa shape index (κ1) is 19.0. The molecule has 0 spiro atoms. The van der Waals surface area contributed by atoms with Crippen molar-refractivity contribution in [3.8, 4) is 0 Å². The van der Waals surface area contributed by atoms with E-state index in [-0.39, 0.29) is 5.91 Å². The molecule has 134 valence electrons. The van der Waals surface area contributed by atoms with E-state index in [1.54, 1.807) is 19.1 Å². The van der Waals surface area contributed by atoms with Gasteiger partial charge < -0.3 is 5.32 Å². The summed E-state index contributed by atoms with van der Waals surface area (Å²) in [6.07, 6.45) is 1.11. The SMILES string of the molecule is Cc1ccc(CNC(=O)[C@H](C)N(c2ccc(C)cc2)S(C)(=O)=O)cc1. The van der Waals surface area contributed by atoms with Gasteiger partial charge in [-0.2, -0.15) is 0 Å². The van der Waals surface area contributed by atoms with Gasteiger partial charge in [-0.25, -0.2) is 8.42 Å². The Morgan fingerprint density at radius 1 is 1.00 bits per heavy atom. The number of carbonyl (C=O) groups excluding carboxylic acids is 1. The maximum absolute atomic E-state index is 12.5. The average molecular weight is 360 g/mol. The topological polar surface area (TPSA) is 66.5 Å². The Bertz CT molecular complexity index is 828. The molecule has 0 unspecified atom stereocenters. The lowest BCUT2D eigenvalue weighted by molar-refractivity contribution is -0.122. The minimum absolute atomic E-state index is 0.341. The fourth-order valence-corrected chi connectivity index (χ4v) is 3.72. The fourth-order valence-electron chi connectivity index (χ4n) is 2.54. The van der Waals surface area contributed by atoms with Gasteiger partial charge in [0.1, 0.15) is 6.04 Å². The van der Waals surface area contributed by atoms with Crippen molar-refractivity contribution in [1.29, 1.82) is 0 Å². The van der Waals surface area contributed by atoms with Crippen LogP contribution in [0.4, 0.5) is 5.69 Å². The molecule has 0 bridgehead atoms. The van der Waals surface area contributed by atoms with Crippen LogP contribution in [-0.2, 0) is 21.4 Å². The van der Waals surface area contributed by atoms with Crippen molar-refractivity contribution in [2.24, 2.45) is 0 Å². The number of nitrogens with zero attached hydrogens (tertiary/aromatic N) is 1. The molecule has 2 aromatic rings. The quantitative estimate of drug-likeness (QED) is 0.861. The fraction of sp³-hybridized carbons (Fsp3) is 0.316. The third-order valence-corrected chi connectivity index (χ3v) is 5.21. The molecule has 0 saturated heterocycles. The summed E-state index contributed by atoms with van der Waals surface area (Å²) in [5, 5.41) is 2.81. The molecule has 0 aliphatic rings. The summed E-state index contributed by atoms with van der Waals surface area (Å²) >= 11 is 0. The zero-order valence-corrected chi connectivity index (χ0v) is 15.8. The van der Waals surface area contributed by atoms with Crippen LogP contribution in [0, 0.1) is 13.8 Å². The molecule has 6 heteroatoms. The number of hydrogen-bond donors (Lipinski definition) is 1. The second-order valence-corrected chi connectivity index (χ2v) is 8.13. The zero-order valence-electron chi connectivity index (χ0n) is 15.0. The van der Waals surface area contributed by atoms with Crippen LogP contribution in [0.25, 0.3) is 0 Å². The van der Waals surface area contributed by atoms with E-state index in [0.717, 1.165) is 27.3 Å². The first-order valence-electron chi connectivity index (χ1n) is 8.08. The summed E-state index contributed by atoms with van der Waals surface area (Å²) in [6, 6.07) is 14.0. The summed E-state index contributed by atoms with van der Waals surface area (Å²) < 4.78 is 25.6. The molecule has 0 aliphatic carbocycles. The zero-order chi connectivity index (χ0) is 18.6. The summed E-state index contributed by atoms with van der Waals surface area (Å²) in [4.78, 5) is 12.5. The van der Waals surface area contributed by atoms with Crippen LogP contribution in [0.3, 0.4) is 0 Å². The normalized spacial score (nSPS) is 12.5. The van der Waals surface area contributed by atoms with Gasteiger partial charge in [0.15, 0.2) is 0 Å². The van der Waals surface area contributed by atoms with Crippen molar-refractivity contribution in [3.63, 3.8) is 0 Å². The average Bonchev–Trinajstić information content (AvgIpc) is 2.54. The van der Waals surface area contributed by atoms with Gasteiger partial charge in [-0.1, -0.05) is 47.5 Å². The van der Waals surface area contributed by atoms with E-state index in [1.807, 2.05) is 50.2 Å². The van der Waals surface area contributed by atoms with Crippen molar-refractivity contribution in [1.82, 2.24) is 5.32 Å². The molecule has 0 fully saturated rings. The van der Waals surface area contributed by atoms with Crippen LogP contribution in [0.2, 0.25) is 0 Å². The second-order valence-electron chi connectivity index (χ2n) is 6.27. The number of hydrogen-bond acceptors (Lipinski definition) is 3. The highest BCUT2D eigenvalue weighted by molar-refractivity contribution is 7.92. The highest BCUT2D eigenvalue weighted by Crippen LogP contribution is 2.21. The molecule has 1 atom stereocenters. The largest absolute Gasteiger partial charge is 0.350 e. The van der Waals surface area contributed by atoms with Gasteiger partial charge in [0.25, 0.3) is 0 Å². The summed E-state index contributed by atoms with van der Waals surface area (Å²) in [7, 11) is -3.59. The molecule has 0 aromatic heterocycles. The number of amides is 1. The van der Waals surface area contributed by atoms with Crippen LogP contribution in [0.15, 0.2) is 48.5 Å². The van der Waals surface area contributed by atoms with Gasteiger partial charge in [0.05, 0.1) is 11.9 Å². The van der Waals surface area contributed by atoms with E-state index in [4.69, 9.17) is 0 Å². The molecule has 1 amide bonds. The Labute approximate surface area is 149 Å². The maximum atomic E-state index is 12.5. The maximum Gasteiger partial charge on any atom is 0.243 e. The van der Waals surface area contributed by atoms with Crippen molar-refractivity contribution >= 4 is 21.6 Å². The minimum atomic E-state index is -3.59.